The van der Waals surface area contributed by atoms with Crippen molar-refractivity contribution < 1.29 is 4.74 Å². The normalized spacial score (nSPS) is 12.7. The van der Waals surface area contributed by atoms with Gasteiger partial charge < -0.3 is 10.1 Å². The first-order valence-corrected chi connectivity index (χ1v) is 5.45. The van der Waals surface area contributed by atoms with Crippen molar-refractivity contribution in [3.05, 3.63) is 23.8 Å². The molecule has 15 heavy (non-hydrogen) atoms. The molecule has 0 saturated carbocycles. The maximum Gasteiger partial charge on any atom is 0.120 e. The summed E-state index contributed by atoms with van der Waals surface area (Å²) >= 11 is 0. The summed E-state index contributed by atoms with van der Waals surface area (Å²) in [5, 5.41) is 3.50. The molecular weight excluding hydrogens is 186 g/mol. The van der Waals surface area contributed by atoms with Crippen molar-refractivity contribution in [1.82, 2.24) is 0 Å². The predicted octanol–water partition coefficient (Wildman–Crippen LogP) is 3.46. The minimum absolute atomic E-state index is 0.468. The fraction of sp³-hybridized carbons (Fsp3) is 0.538. The van der Waals surface area contributed by atoms with Crippen molar-refractivity contribution in [3.63, 3.8) is 0 Å². The van der Waals surface area contributed by atoms with Crippen LogP contribution in [0.15, 0.2) is 18.2 Å². The monoisotopic (exact) mass is 207 g/mol. The minimum Gasteiger partial charge on any atom is -0.497 e. The van der Waals surface area contributed by atoms with E-state index in [0.717, 1.165) is 11.4 Å². The molecule has 0 aliphatic heterocycles. The van der Waals surface area contributed by atoms with E-state index in [4.69, 9.17) is 4.74 Å². The lowest BCUT2D eigenvalue weighted by atomic mass is 10.1. The van der Waals surface area contributed by atoms with Crippen LogP contribution in [0.2, 0.25) is 0 Å². The first-order chi connectivity index (χ1) is 7.04. The molecule has 0 aromatic heterocycles. The molecule has 0 amide bonds. The van der Waals surface area contributed by atoms with Crippen LogP contribution in [0.1, 0.15) is 26.3 Å². The highest BCUT2D eigenvalue weighted by Crippen LogP contribution is 2.23. The van der Waals surface area contributed by atoms with Crippen molar-refractivity contribution in [2.45, 2.75) is 33.7 Å². The molecule has 2 nitrogen and oxygen atoms in total. The smallest absolute Gasteiger partial charge is 0.120 e. The third kappa shape index (κ3) is 3.15. The van der Waals surface area contributed by atoms with Gasteiger partial charge in [-0.25, -0.2) is 0 Å². The molecule has 1 aromatic carbocycles. The van der Waals surface area contributed by atoms with E-state index >= 15 is 0 Å². The van der Waals surface area contributed by atoms with Crippen LogP contribution in [-0.2, 0) is 0 Å². The summed E-state index contributed by atoms with van der Waals surface area (Å²) in [7, 11) is 1.69. The Labute approximate surface area is 92.6 Å². The molecular formula is C13H21NO. The zero-order valence-corrected chi connectivity index (χ0v) is 10.3. The van der Waals surface area contributed by atoms with Gasteiger partial charge in [-0.15, -0.1) is 0 Å². The molecule has 0 aliphatic rings. The molecule has 0 saturated heterocycles. The lowest BCUT2D eigenvalue weighted by Gasteiger charge is -2.20. The number of rotatable bonds is 4. The largest absolute Gasteiger partial charge is 0.497 e. The van der Waals surface area contributed by atoms with E-state index in [-0.39, 0.29) is 0 Å². The summed E-state index contributed by atoms with van der Waals surface area (Å²) in [5.74, 6) is 1.52. The Morgan fingerprint density at radius 2 is 1.87 bits per heavy atom. The summed E-state index contributed by atoms with van der Waals surface area (Å²) in [6.07, 6.45) is 0. The van der Waals surface area contributed by atoms with Gasteiger partial charge in [-0.3, -0.25) is 0 Å². The summed E-state index contributed by atoms with van der Waals surface area (Å²) in [5.41, 5.74) is 2.42. The van der Waals surface area contributed by atoms with E-state index in [1.165, 1.54) is 5.56 Å². The van der Waals surface area contributed by atoms with Crippen molar-refractivity contribution >= 4 is 5.69 Å². The SMILES string of the molecule is COc1ccc(C)c(NC(C)C(C)C)c1. The Hall–Kier alpha value is -1.18. The van der Waals surface area contributed by atoms with E-state index in [9.17, 15) is 0 Å². The van der Waals surface area contributed by atoms with Gasteiger partial charge in [-0.05, 0) is 31.4 Å². The number of ether oxygens (including phenoxy) is 1. The van der Waals surface area contributed by atoms with Crippen LogP contribution in [-0.4, -0.2) is 13.2 Å². The molecule has 0 bridgehead atoms. The van der Waals surface area contributed by atoms with Gasteiger partial charge in [-0.1, -0.05) is 19.9 Å². The molecule has 1 aromatic rings. The van der Waals surface area contributed by atoms with E-state index < -0.39 is 0 Å². The highest BCUT2D eigenvalue weighted by Gasteiger charge is 2.08. The molecule has 2 heteroatoms. The fourth-order valence-corrected chi connectivity index (χ4v) is 1.30. The van der Waals surface area contributed by atoms with E-state index in [0.29, 0.717) is 12.0 Å². The quantitative estimate of drug-likeness (QED) is 0.816. The molecule has 0 spiro atoms. The fourth-order valence-electron chi connectivity index (χ4n) is 1.30. The second kappa shape index (κ2) is 5.06. The van der Waals surface area contributed by atoms with Gasteiger partial charge in [0, 0.05) is 17.8 Å². The number of methoxy groups -OCH3 is 1. The molecule has 0 heterocycles. The van der Waals surface area contributed by atoms with Gasteiger partial charge in [0.25, 0.3) is 0 Å². The molecule has 0 fully saturated rings. The van der Waals surface area contributed by atoms with Crippen molar-refractivity contribution in [3.8, 4) is 5.75 Å². The second-order valence-electron chi connectivity index (χ2n) is 4.36. The first kappa shape index (κ1) is 11.9. The molecule has 0 radical (unpaired) electrons. The third-order valence-electron chi connectivity index (χ3n) is 2.83. The van der Waals surface area contributed by atoms with Gasteiger partial charge in [0.1, 0.15) is 5.75 Å². The van der Waals surface area contributed by atoms with Gasteiger partial charge in [-0.2, -0.15) is 0 Å². The summed E-state index contributed by atoms with van der Waals surface area (Å²) in [6, 6.07) is 6.58. The highest BCUT2D eigenvalue weighted by atomic mass is 16.5. The van der Waals surface area contributed by atoms with Crippen LogP contribution in [0.25, 0.3) is 0 Å². The van der Waals surface area contributed by atoms with Gasteiger partial charge in [0.2, 0.25) is 0 Å². The van der Waals surface area contributed by atoms with Crippen LogP contribution in [0, 0.1) is 12.8 Å². The minimum atomic E-state index is 0.468. The van der Waals surface area contributed by atoms with Crippen LogP contribution in [0.3, 0.4) is 0 Å². The van der Waals surface area contributed by atoms with Crippen LogP contribution >= 0.6 is 0 Å². The Balaban J connectivity index is 2.83. The van der Waals surface area contributed by atoms with E-state index in [2.05, 4.69) is 39.1 Å². The van der Waals surface area contributed by atoms with Crippen molar-refractivity contribution in [1.29, 1.82) is 0 Å². The van der Waals surface area contributed by atoms with Gasteiger partial charge in [0.05, 0.1) is 7.11 Å². The zero-order chi connectivity index (χ0) is 11.4. The number of hydrogen-bond acceptors (Lipinski definition) is 2. The Morgan fingerprint density at radius 1 is 1.20 bits per heavy atom. The van der Waals surface area contributed by atoms with E-state index in [1.807, 2.05) is 12.1 Å². The number of benzene rings is 1. The predicted molar refractivity (Wildman–Crippen MR) is 65.7 cm³/mol. The Morgan fingerprint density at radius 3 is 2.40 bits per heavy atom. The third-order valence-corrected chi connectivity index (χ3v) is 2.83. The van der Waals surface area contributed by atoms with E-state index in [1.54, 1.807) is 7.11 Å². The Bertz CT molecular complexity index is 320. The second-order valence-corrected chi connectivity index (χ2v) is 4.36. The van der Waals surface area contributed by atoms with Crippen LogP contribution in [0.5, 0.6) is 5.75 Å². The molecule has 84 valence electrons. The molecule has 0 aliphatic carbocycles. The highest BCUT2D eigenvalue weighted by molar-refractivity contribution is 5.55. The Kier molecular flexibility index (Phi) is 4.01. The number of hydrogen-bond donors (Lipinski definition) is 1. The number of anilines is 1. The van der Waals surface area contributed by atoms with Crippen molar-refractivity contribution in [2.75, 3.05) is 12.4 Å². The summed E-state index contributed by atoms with van der Waals surface area (Å²) in [6.45, 7) is 8.73. The number of aryl methyl sites for hydroxylation is 1. The molecule has 1 N–H and O–H groups in total. The average molecular weight is 207 g/mol. The van der Waals surface area contributed by atoms with Gasteiger partial charge >= 0.3 is 0 Å². The van der Waals surface area contributed by atoms with Crippen LogP contribution < -0.4 is 10.1 Å². The molecule has 1 unspecified atom stereocenters. The maximum absolute atomic E-state index is 5.21. The number of nitrogens with one attached hydrogen (secondary N) is 1. The maximum atomic E-state index is 5.21. The summed E-state index contributed by atoms with van der Waals surface area (Å²) < 4.78 is 5.21. The average Bonchev–Trinajstić information content (AvgIpc) is 2.21. The lowest BCUT2D eigenvalue weighted by Crippen LogP contribution is -2.21. The van der Waals surface area contributed by atoms with Gasteiger partial charge in [0.15, 0.2) is 0 Å². The topological polar surface area (TPSA) is 21.3 Å². The van der Waals surface area contributed by atoms with Crippen LogP contribution in [0.4, 0.5) is 5.69 Å². The molecule has 1 rings (SSSR count). The first-order valence-electron chi connectivity index (χ1n) is 5.45. The molecule has 1 atom stereocenters. The standard InChI is InChI=1S/C13H21NO/c1-9(2)11(4)14-13-8-12(15-5)7-6-10(13)3/h6-9,11,14H,1-5H3. The summed E-state index contributed by atoms with van der Waals surface area (Å²) in [4.78, 5) is 0. The van der Waals surface area contributed by atoms with Crippen molar-refractivity contribution in [2.24, 2.45) is 5.92 Å². The zero-order valence-electron chi connectivity index (χ0n) is 10.3. The lowest BCUT2D eigenvalue weighted by molar-refractivity contribution is 0.415.